The minimum absolute atomic E-state index is 0.0394. The van der Waals surface area contributed by atoms with Crippen molar-refractivity contribution < 1.29 is 14.7 Å². The molecule has 6 heteroatoms. The van der Waals surface area contributed by atoms with Crippen LogP contribution >= 0.6 is 0 Å². The van der Waals surface area contributed by atoms with Crippen LogP contribution in [0.15, 0.2) is 30.3 Å². The number of para-hydroxylation sites is 1. The number of hydrogen-bond donors (Lipinski definition) is 4. The highest BCUT2D eigenvalue weighted by Gasteiger charge is 2.15. The number of carboxylic acid groups (broad SMARTS) is 1. The molecule has 0 saturated heterocycles. The first-order chi connectivity index (χ1) is 9.47. The molecule has 1 aromatic carbocycles. The Bertz CT molecular complexity index is 661. The molecule has 6 nitrogen and oxygen atoms in total. The number of anilines is 2. The molecule has 0 saturated carbocycles. The Hall–Kier alpha value is -2.76. The fraction of sp³-hybridized carbons (Fsp3) is 0.143. The van der Waals surface area contributed by atoms with Gasteiger partial charge in [0.15, 0.2) is 0 Å². The Balaban J connectivity index is 2.13. The van der Waals surface area contributed by atoms with Crippen molar-refractivity contribution in [1.82, 2.24) is 4.98 Å². The van der Waals surface area contributed by atoms with Crippen LogP contribution in [0.3, 0.4) is 0 Å². The van der Waals surface area contributed by atoms with Gasteiger partial charge in [-0.1, -0.05) is 18.2 Å². The largest absolute Gasteiger partial charge is 0.477 e. The number of amides is 2. The number of urea groups is 1. The lowest BCUT2D eigenvalue weighted by molar-refractivity contribution is 0.0692. The summed E-state index contributed by atoms with van der Waals surface area (Å²) in [6.45, 7) is 3.59. The van der Waals surface area contributed by atoms with E-state index in [0.29, 0.717) is 11.4 Å². The molecule has 2 aromatic rings. The molecule has 0 aliphatic carbocycles. The Kier molecular flexibility index (Phi) is 3.74. The molecular weight excluding hydrogens is 258 g/mol. The van der Waals surface area contributed by atoms with Crippen LogP contribution in [0, 0.1) is 13.8 Å². The highest BCUT2D eigenvalue weighted by molar-refractivity contribution is 6.04. The highest BCUT2D eigenvalue weighted by atomic mass is 16.4. The minimum atomic E-state index is -1.12. The molecule has 4 N–H and O–H groups in total. The summed E-state index contributed by atoms with van der Waals surface area (Å²) >= 11 is 0. The van der Waals surface area contributed by atoms with Crippen molar-refractivity contribution >= 4 is 23.4 Å². The second-order valence-electron chi connectivity index (χ2n) is 4.44. The summed E-state index contributed by atoms with van der Waals surface area (Å²) in [4.78, 5) is 25.6. The summed E-state index contributed by atoms with van der Waals surface area (Å²) < 4.78 is 0. The van der Waals surface area contributed by atoms with Crippen molar-refractivity contribution in [3.8, 4) is 0 Å². The zero-order valence-corrected chi connectivity index (χ0v) is 11.2. The first-order valence-corrected chi connectivity index (χ1v) is 6.04. The van der Waals surface area contributed by atoms with E-state index in [4.69, 9.17) is 5.11 Å². The summed E-state index contributed by atoms with van der Waals surface area (Å²) in [6, 6.07) is 8.41. The number of rotatable bonds is 3. The van der Waals surface area contributed by atoms with Gasteiger partial charge in [0.25, 0.3) is 0 Å². The van der Waals surface area contributed by atoms with Gasteiger partial charge in [0.05, 0.1) is 5.69 Å². The number of nitrogens with one attached hydrogen (secondary N) is 3. The molecule has 1 aromatic heterocycles. The maximum absolute atomic E-state index is 11.9. The van der Waals surface area contributed by atoms with Crippen LogP contribution in [0.5, 0.6) is 0 Å². The predicted molar refractivity (Wildman–Crippen MR) is 76.3 cm³/mol. The molecule has 0 fully saturated rings. The fourth-order valence-corrected chi connectivity index (χ4v) is 1.85. The molecule has 0 aliphatic rings. The van der Waals surface area contributed by atoms with Crippen LogP contribution < -0.4 is 10.6 Å². The van der Waals surface area contributed by atoms with E-state index in [1.807, 2.05) is 25.1 Å². The third kappa shape index (κ3) is 2.97. The SMILES string of the molecule is Cc1cc(NC(=O)Nc2ccccc2C)c(C(=O)O)[nH]1. The molecule has 20 heavy (non-hydrogen) atoms. The maximum Gasteiger partial charge on any atom is 0.354 e. The molecular formula is C14H15N3O3. The predicted octanol–water partition coefficient (Wildman–Crippen LogP) is 2.97. The van der Waals surface area contributed by atoms with E-state index in [1.54, 1.807) is 19.1 Å². The Labute approximate surface area is 115 Å². The van der Waals surface area contributed by atoms with Gasteiger partial charge in [0, 0.05) is 11.4 Å². The number of aryl methyl sites for hydroxylation is 2. The summed E-state index contributed by atoms with van der Waals surface area (Å²) in [7, 11) is 0. The van der Waals surface area contributed by atoms with Crippen LogP contribution in [0.1, 0.15) is 21.7 Å². The Morgan fingerprint density at radius 3 is 2.40 bits per heavy atom. The van der Waals surface area contributed by atoms with Gasteiger partial charge < -0.3 is 20.7 Å². The number of aromatic carboxylic acids is 1. The van der Waals surface area contributed by atoms with E-state index in [0.717, 1.165) is 5.56 Å². The van der Waals surface area contributed by atoms with Gasteiger partial charge in [0.2, 0.25) is 0 Å². The number of benzene rings is 1. The summed E-state index contributed by atoms with van der Waals surface area (Å²) in [5.41, 5.74) is 2.46. The van der Waals surface area contributed by atoms with Gasteiger partial charge in [-0.3, -0.25) is 0 Å². The molecule has 2 rings (SSSR count). The van der Waals surface area contributed by atoms with E-state index in [2.05, 4.69) is 15.6 Å². The third-order valence-electron chi connectivity index (χ3n) is 2.81. The zero-order valence-electron chi connectivity index (χ0n) is 11.2. The van der Waals surface area contributed by atoms with E-state index in [1.165, 1.54) is 0 Å². The number of carbonyl (C=O) groups excluding carboxylic acids is 1. The molecule has 0 bridgehead atoms. The quantitative estimate of drug-likeness (QED) is 0.692. The number of aromatic nitrogens is 1. The maximum atomic E-state index is 11.9. The number of hydrogen-bond acceptors (Lipinski definition) is 2. The topological polar surface area (TPSA) is 94.2 Å². The molecule has 0 unspecified atom stereocenters. The summed E-state index contributed by atoms with van der Waals surface area (Å²) in [5.74, 6) is -1.12. The van der Waals surface area contributed by atoms with Crippen LogP contribution in [0.4, 0.5) is 16.2 Å². The Morgan fingerprint density at radius 1 is 1.10 bits per heavy atom. The zero-order chi connectivity index (χ0) is 14.7. The highest BCUT2D eigenvalue weighted by Crippen LogP contribution is 2.18. The van der Waals surface area contributed by atoms with E-state index < -0.39 is 12.0 Å². The van der Waals surface area contributed by atoms with E-state index >= 15 is 0 Å². The van der Waals surface area contributed by atoms with Crippen molar-refractivity contribution in [3.05, 3.63) is 47.3 Å². The number of carboxylic acids is 1. The first-order valence-electron chi connectivity index (χ1n) is 6.04. The Morgan fingerprint density at radius 2 is 1.75 bits per heavy atom. The minimum Gasteiger partial charge on any atom is -0.477 e. The van der Waals surface area contributed by atoms with Gasteiger partial charge >= 0.3 is 12.0 Å². The van der Waals surface area contributed by atoms with Crippen LogP contribution in [-0.2, 0) is 0 Å². The molecule has 1 heterocycles. The van der Waals surface area contributed by atoms with Gasteiger partial charge in [-0.15, -0.1) is 0 Å². The standard InChI is InChI=1S/C14H15N3O3/c1-8-5-3-4-6-10(8)16-14(20)17-11-7-9(2)15-12(11)13(18)19/h3-7,15H,1-2H3,(H,18,19)(H2,16,17,20). The lowest BCUT2D eigenvalue weighted by atomic mass is 10.2. The second kappa shape index (κ2) is 5.48. The molecule has 0 radical (unpaired) electrons. The van der Waals surface area contributed by atoms with Gasteiger partial charge in [-0.25, -0.2) is 9.59 Å². The van der Waals surface area contributed by atoms with Gasteiger partial charge in [-0.05, 0) is 31.5 Å². The summed E-state index contributed by atoms with van der Waals surface area (Å²) in [5, 5.41) is 14.2. The fourth-order valence-electron chi connectivity index (χ4n) is 1.85. The van der Waals surface area contributed by atoms with Gasteiger partial charge in [0.1, 0.15) is 5.69 Å². The second-order valence-corrected chi connectivity index (χ2v) is 4.44. The van der Waals surface area contributed by atoms with Crippen LogP contribution in [0.25, 0.3) is 0 Å². The van der Waals surface area contributed by atoms with Crippen molar-refractivity contribution in [2.75, 3.05) is 10.6 Å². The van der Waals surface area contributed by atoms with Crippen molar-refractivity contribution in [3.63, 3.8) is 0 Å². The molecule has 2 amide bonds. The molecule has 0 aliphatic heterocycles. The summed E-state index contributed by atoms with van der Waals surface area (Å²) in [6.07, 6.45) is 0. The smallest absolute Gasteiger partial charge is 0.354 e. The average molecular weight is 273 g/mol. The van der Waals surface area contributed by atoms with Crippen LogP contribution in [0.2, 0.25) is 0 Å². The lowest BCUT2D eigenvalue weighted by Gasteiger charge is -2.09. The van der Waals surface area contributed by atoms with E-state index in [-0.39, 0.29) is 11.4 Å². The van der Waals surface area contributed by atoms with Crippen LogP contribution in [-0.4, -0.2) is 22.1 Å². The van der Waals surface area contributed by atoms with Crippen molar-refractivity contribution in [2.24, 2.45) is 0 Å². The van der Waals surface area contributed by atoms with Crippen molar-refractivity contribution in [2.45, 2.75) is 13.8 Å². The van der Waals surface area contributed by atoms with E-state index in [9.17, 15) is 9.59 Å². The molecule has 0 atom stereocenters. The molecule has 104 valence electrons. The average Bonchev–Trinajstić information content (AvgIpc) is 2.73. The first kappa shape index (κ1) is 13.7. The normalized spacial score (nSPS) is 10.1. The molecule has 0 spiro atoms. The monoisotopic (exact) mass is 273 g/mol. The van der Waals surface area contributed by atoms with Gasteiger partial charge in [-0.2, -0.15) is 0 Å². The number of H-pyrrole nitrogens is 1. The number of aromatic amines is 1. The third-order valence-corrected chi connectivity index (χ3v) is 2.81. The lowest BCUT2D eigenvalue weighted by Crippen LogP contribution is -2.21. The number of carbonyl (C=O) groups is 2. The van der Waals surface area contributed by atoms with Crippen molar-refractivity contribution in [1.29, 1.82) is 0 Å².